The molecule has 6 nitrogen and oxygen atoms in total. The standard InChI is InChI=1S/C8H16O6/c9-3-5(11)7(13)8(14)2-1-4(10)6(8)12/h4-7,9-14H,1-3H2/t4?,5-,6+,7+,8-/m0/s1. The van der Waals surface area contributed by atoms with E-state index in [1.165, 1.54) is 0 Å². The predicted octanol–water partition coefficient (Wildman–Crippen LogP) is -3.05. The molecule has 1 aliphatic rings. The predicted molar refractivity (Wildman–Crippen MR) is 45.3 cm³/mol. The van der Waals surface area contributed by atoms with Crippen molar-refractivity contribution in [2.75, 3.05) is 6.61 Å². The number of hydrogen-bond donors (Lipinski definition) is 6. The van der Waals surface area contributed by atoms with Gasteiger partial charge in [-0.2, -0.15) is 0 Å². The molecule has 0 aromatic heterocycles. The van der Waals surface area contributed by atoms with E-state index in [0.29, 0.717) is 0 Å². The van der Waals surface area contributed by atoms with Crippen LogP contribution >= 0.6 is 0 Å². The fourth-order valence-corrected chi connectivity index (χ4v) is 1.77. The minimum atomic E-state index is -1.94. The molecule has 1 unspecified atom stereocenters. The average Bonchev–Trinajstić information content (AvgIpc) is 2.45. The molecule has 0 saturated heterocycles. The van der Waals surface area contributed by atoms with Crippen molar-refractivity contribution in [3.05, 3.63) is 0 Å². The Labute approximate surface area is 81.1 Å². The molecule has 0 aliphatic heterocycles. The van der Waals surface area contributed by atoms with Crippen molar-refractivity contribution in [3.8, 4) is 0 Å². The Morgan fingerprint density at radius 2 is 1.86 bits per heavy atom. The summed E-state index contributed by atoms with van der Waals surface area (Å²) in [6, 6.07) is 0. The van der Waals surface area contributed by atoms with Gasteiger partial charge in [0.2, 0.25) is 0 Å². The van der Waals surface area contributed by atoms with Crippen LogP contribution in [0.3, 0.4) is 0 Å². The van der Waals surface area contributed by atoms with Gasteiger partial charge in [-0.3, -0.25) is 0 Å². The molecule has 0 bridgehead atoms. The van der Waals surface area contributed by atoms with E-state index in [0.717, 1.165) is 0 Å². The first-order valence-corrected chi connectivity index (χ1v) is 4.49. The highest BCUT2D eigenvalue weighted by Crippen LogP contribution is 2.34. The molecule has 1 fully saturated rings. The summed E-state index contributed by atoms with van der Waals surface area (Å²) in [5, 5.41) is 55.4. The summed E-state index contributed by atoms with van der Waals surface area (Å²) in [5.74, 6) is 0. The van der Waals surface area contributed by atoms with Crippen LogP contribution in [-0.2, 0) is 0 Å². The summed E-state index contributed by atoms with van der Waals surface area (Å²) in [4.78, 5) is 0. The topological polar surface area (TPSA) is 121 Å². The number of aliphatic hydroxyl groups is 6. The van der Waals surface area contributed by atoms with E-state index >= 15 is 0 Å². The van der Waals surface area contributed by atoms with Crippen LogP contribution in [0.4, 0.5) is 0 Å². The first kappa shape index (κ1) is 11.8. The van der Waals surface area contributed by atoms with Gasteiger partial charge in [-0.15, -0.1) is 0 Å². The van der Waals surface area contributed by atoms with Gasteiger partial charge in [-0.25, -0.2) is 0 Å². The molecular weight excluding hydrogens is 192 g/mol. The third-order valence-electron chi connectivity index (χ3n) is 2.78. The third-order valence-corrected chi connectivity index (χ3v) is 2.78. The monoisotopic (exact) mass is 208 g/mol. The van der Waals surface area contributed by atoms with Crippen LogP contribution in [0.15, 0.2) is 0 Å². The van der Waals surface area contributed by atoms with E-state index in [9.17, 15) is 20.4 Å². The number of rotatable bonds is 3. The maximum absolute atomic E-state index is 9.77. The second kappa shape index (κ2) is 4.09. The van der Waals surface area contributed by atoms with Gasteiger partial charge in [0.1, 0.15) is 23.9 Å². The molecule has 1 rings (SSSR count). The van der Waals surface area contributed by atoms with E-state index in [-0.39, 0.29) is 12.8 Å². The molecule has 1 saturated carbocycles. The SMILES string of the molecule is OC[C@H](O)[C@@H](O)[C@]1(O)CCC(O)[C@H]1O. The zero-order valence-corrected chi connectivity index (χ0v) is 7.61. The van der Waals surface area contributed by atoms with Crippen LogP contribution in [0.1, 0.15) is 12.8 Å². The molecule has 1 aliphatic carbocycles. The molecule has 0 heterocycles. The van der Waals surface area contributed by atoms with E-state index in [4.69, 9.17) is 10.2 Å². The third kappa shape index (κ3) is 1.77. The van der Waals surface area contributed by atoms with Crippen LogP contribution < -0.4 is 0 Å². The Morgan fingerprint density at radius 3 is 2.21 bits per heavy atom. The number of hydrogen-bond acceptors (Lipinski definition) is 6. The Balaban J connectivity index is 2.74. The van der Waals surface area contributed by atoms with Gasteiger partial charge in [0.15, 0.2) is 0 Å². The lowest BCUT2D eigenvalue weighted by atomic mass is 9.89. The number of aliphatic hydroxyl groups excluding tert-OH is 5. The molecular formula is C8H16O6. The molecule has 0 amide bonds. The van der Waals surface area contributed by atoms with Crippen molar-refractivity contribution >= 4 is 0 Å². The Morgan fingerprint density at radius 1 is 1.29 bits per heavy atom. The van der Waals surface area contributed by atoms with Crippen molar-refractivity contribution in [3.63, 3.8) is 0 Å². The first-order chi connectivity index (χ1) is 6.43. The van der Waals surface area contributed by atoms with Crippen molar-refractivity contribution in [2.45, 2.75) is 42.9 Å². The molecule has 0 aromatic carbocycles. The van der Waals surface area contributed by atoms with Crippen LogP contribution in [0.25, 0.3) is 0 Å². The van der Waals surface area contributed by atoms with Crippen molar-refractivity contribution in [1.82, 2.24) is 0 Å². The lowest BCUT2D eigenvalue weighted by Crippen LogP contribution is -2.56. The summed E-state index contributed by atoms with van der Waals surface area (Å²) >= 11 is 0. The Kier molecular flexibility index (Phi) is 3.46. The largest absolute Gasteiger partial charge is 0.394 e. The second-order valence-electron chi connectivity index (χ2n) is 3.74. The van der Waals surface area contributed by atoms with Gasteiger partial charge in [-0.1, -0.05) is 0 Å². The maximum Gasteiger partial charge on any atom is 0.121 e. The van der Waals surface area contributed by atoms with Gasteiger partial charge in [-0.05, 0) is 12.8 Å². The summed E-state index contributed by atoms with van der Waals surface area (Å²) < 4.78 is 0. The zero-order chi connectivity index (χ0) is 10.9. The zero-order valence-electron chi connectivity index (χ0n) is 7.61. The highest BCUT2D eigenvalue weighted by atomic mass is 16.4. The summed E-state index contributed by atoms with van der Waals surface area (Å²) in [6.07, 6.45) is -5.68. The first-order valence-electron chi connectivity index (χ1n) is 4.49. The molecule has 0 aromatic rings. The van der Waals surface area contributed by atoms with Crippen molar-refractivity contribution < 1.29 is 30.6 Å². The van der Waals surface area contributed by atoms with Crippen molar-refractivity contribution in [1.29, 1.82) is 0 Å². The molecule has 0 spiro atoms. The Hall–Kier alpha value is -0.240. The maximum atomic E-state index is 9.77. The van der Waals surface area contributed by atoms with Gasteiger partial charge in [0.25, 0.3) is 0 Å². The van der Waals surface area contributed by atoms with Crippen LogP contribution in [0.2, 0.25) is 0 Å². The van der Waals surface area contributed by atoms with E-state index in [1.54, 1.807) is 0 Å². The highest BCUT2D eigenvalue weighted by molar-refractivity contribution is 5.04. The van der Waals surface area contributed by atoms with Gasteiger partial charge in [0.05, 0.1) is 12.7 Å². The molecule has 6 N–H and O–H groups in total. The van der Waals surface area contributed by atoms with Crippen LogP contribution in [-0.4, -0.2) is 67.3 Å². The van der Waals surface area contributed by atoms with Crippen molar-refractivity contribution in [2.24, 2.45) is 0 Å². The minimum absolute atomic E-state index is 0.0203. The minimum Gasteiger partial charge on any atom is -0.394 e. The summed E-state index contributed by atoms with van der Waals surface area (Å²) in [6.45, 7) is -0.716. The highest BCUT2D eigenvalue weighted by Gasteiger charge is 2.52. The van der Waals surface area contributed by atoms with Gasteiger partial charge >= 0.3 is 0 Å². The van der Waals surface area contributed by atoms with Crippen LogP contribution in [0.5, 0.6) is 0 Å². The van der Waals surface area contributed by atoms with Crippen LogP contribution in [0, 0.1) is 0 Å². The summed E-state index contributed by atoms with van der Waals surface area (Å²) in [7, 11) is 0. The lowest BCUT2D eigenvalue weighted by molar-refractivity contribution is -0.181. The van der Waals surface area contributed by atoms with E-state index < -0.39 is 36.6 Å². The lowest BCUT2D eigenvalue weighted by Gasteiger charge is -2.34. The molecule has 0 radical (unpaired) electrons. The van der Waals surface area contributed by atoms with E-state index in [1.807, 2.05) is 0 Å². The van der Waals surface area contributed by atoms with Gasteiger partial charge in [0, 0.05) is 0 Å². The van der Waals surface area contributed by atoms with E-state index in [2.05, 4.69) is 0 Å². The molecule has 14 heavy (non-hydrogen) atoms. The second-order valence-corrected chi connectivity index (χ2v) is 3.74. The summed E-state index contributed by atoms with van der Waals surface area (Å²) in [5.41, 5.74) is -1.94. The average molecular weight is 208 g/mol. The fourth-order valence-electron chi connectivity index (χ4n) is 1.77. The molecule has 6 heteroatoms. The smallest absolute Gasteiger partial charge is 0.121 e. The molecule has 5 atom stereocenters. The van der Waals surface area contributed by atoms with Gasteiger partial charge < -0.3 is 30.6 Å². The Bertz CT molecular complexity index is 198. The fraction of sp³-hybridized carbons (Fsp3) is 1.00. The normalized spacial score (nSPS) is 42.4. The molecule has 84 valence electrons. The quantitative estimate of drug-likeness (QED) is 0.293.